The van der Waals surface area contributed by atoms with Crippen molar-refractivity contribution in [3.63, 3.8) is 0 Å². The summed E-state index contributed by atoms with van der Waals surface area (Å²) >= 11 is 0. The molecule has 5 rings (SSSR count). The van der Waals surface area contributed by atoms with Gasteiger partial charge in [0, 0.05) is 23.7 Å². The molecule has 0 bridgehead atoms. The number of para-hydroxylation sites is 1. The Hall–Kier alpha value is -3.35. The third kappa shape index (κ3) is 3.24. The van der Waals surface area contributed by atoms with Crippen LogP contribution in [0.5, 0.6) is 5.88 Å². The quantitative estimate of drug-likeness (QED) is 0.480. The molecule has 1 N–H and O–H groups in total. The maximum absolute atomic E-state index is 6.25. The van der Waals surface area contributed by atoms with Crippen LogP contribution >= 0.6 is 0 Å². The van der Waals surface area contributed by atoms with Crippen LogP contribution < -0.4 is 10.1 Å². The summed E-state index contributed by atoms with van der Waals surface area (Å²) in [6, 6.07) is 23.9. The number of rotatable bonds is 6. The van der Waals surface area contributed by atoms with Gasteiger partial charge in [0.2, 0.25) is 5.88 Å². The van der Waals surface area contributed by atoms with Crippen molar-refractivity contribution < 1.29 is 18.6 Å². The molecule has 0 aliphatic carbocycles. The molecule has 0 amide bonds. The zero-order chi connectivity index (χ0) is 21.3. The molecule has 6 heteroatoms. The zero-order valence-corrected chi connectivity index (χ0v) is 17.5. The Labute approximate surface area is 180 Å². The van der Waals surface area contributed by atoms with Crippen LogP contribution in [0.25, 0.3) is 11.0 Å². The molecule has 1 saturated heterocycles. The molecule has 1 aliphatic heterocycles. The van der Waals surface area contributed by atoms with Crippen LogP contribution in [0, 0.1) is 0 Å². The van der Waals surface area contributed by atoms with E-state index in [2.05, 4.69) is 22.4 Å². The number of anilines is 1. The number of pyridine rings is 1. The van der Waals surface area contributed by atoms with E-state index < -0.39 is 11.3 Å². The Balaban J connectivity index is 1.76. The standard InChI is InChI=1S/C25H24N2O4/c1-24(29-14-15-30-24)25(19-9-4-3-5-10-19,20-12-13-26-22(17-20)28-2)27-23-16-18-8-6-7-11-21(18)31-23/h3-13,16-17,27H,14-15H2,1-2H3. The number of hydrogen-bond acceptors (Lipinski definition) is 6. The maximum Gasteiger partial charge on any atom is 0.213 e. The molecule has 1 unspecified atom stereocenters. The monoisotopic (exact) mass is 416 g/mol. The second-order valence-electron chi connectivity index (χ2n) is 7.62. The lowest BCUT2D eigenvalue weighted by Crippen LogP contribution is -2.56. The van der Waals surface area contributed by atoms with Gasteiger partial charge in [-0.3, -0.25) is 0 Å². The molecule has 0 saturated carbocycles. The highest BCUT2D eigenvalue weighted by atomic mass is 16.7. The topological polar surface area (TPSA) is 65.8 Å². The van der Waals surface area contributed by atoms with Gasteiger partial charge in [-0.2, -0.15) is 0 Å². The first kappa shape index (κ1) is 19.6. The largest absolute Gasteiger partial charge is 0.481 e. The summed E-state index contributed by atoms with van der Waals surface area (Å²) in [6.45, 7) is 2.94. The molecular formula is C25H24N2O4. The number of nitrogens with zero attached hydrogens (tertiary/aromatic N) is 1. The number of ether oxygens (including phenoxy) is 3. The predicted octanol–water partition coefficient (Wildman–Crippen LogP) is 4.96. The summed E-state index contributed by atoms with van der Waals surface area (Å²) in [5.74, 6) is 0.103. The molecule has 0 spiro atoms. The minimum Gasteiger partial charge on any atom is -0.481 e. The fourth-order valence-corrected chi connectivity index (χ4v) is 4.35. The molecule has 1 aliphatic rings. The normalized spacial score (nSPS) is 17.4. The van der Waals surface area contributed by atoms with Crippen molar-refractivity contribution in [3.8, 4) is 5.88 Å². The van der Waals surface area contributed by atoms with Crippen LogP contribution in [0.3, 0.4) is 0 Å². The zero-order valence-electron chi connectivity index (χ0n) is 17.5. The van der Waals surface area contributed by atoms with Gasteiger partial charge in [0.1, 0.15) is 11.1 Å². The molecule has 6 nitrogen and oxygen atoms in total. The van der Waals surface area contributed by atoms with Gasteiger partial charge in [0.15, 0.2) is 11.7 Å². The number of hydrogen-bond donors (Lipinski definition) is 1. The third-order valence-corrected chi connectivity index (χ3v) is 5.84. The minimum atomic E-state index is -1.01. The molecule has 3 heterocycles. The number of furan rings is 1. The molecule has 1 atom stereocenters. The van der Waals surface area contributed by atoms with Gasteiger partial charge in [-0.05, 0) is 30.2 Å². The van der Waals surface area contributed by atoms with Crippen LogP contribution in [-0.4, -0.2) is 31.1 Å². The Morgan fingerprint density at radius 1 is 0.935 bits per heavy atom. The van der Waals surface area contributed by atoms with E-state index in [1.807, 2.05) is 67.6 Å². The van der Waals surface area contributed by atoms with Crippen LogP contribution in [0.4, 0.5) is 5.88 Å². The number of methoxy groups -OCH3 is 1. The first-order chi connectivity index (χ1) is 15.1. The summed E-state index contributed by atoms with van der Waals surface area (Å²) < 4.78 is 24.1. The van der Waals surface area contributed by atoms with Gasteiger partial charge in [-0.15, -0.1) is 0 Å². The molecule has 2 aromatic carbocycles. The number of aromatic nitrogens is 1. The minimum absolute atomic E-state index is 0.495. The highest BCUT2D eigenvalue weighted by Crippen LogP contribution is 2.47. The van der Waals surface area contributed by atoms with Crippen molar-refractivity contribution in [1.82, 2.24) is 4.98 Å². The van der Waals surface area contributed by atoms with Gasteiger partial charge in [0.25, 0.3) is 0 Å². The van der Waals surface area contributed by atoms with E-state index in [9.17, 15) is 0 Å². The lowest BCUT2D eigenvalue weighted by Gasteiger charge is -2.46. The predicted molar refractivity (Wildman–Crippen MR) is 118 cm³/mol. The van der Waals surface area contributed by atoms with Crippen molar-refractivity contribution in [2.24, 2.45) is 0 Å². The lowest BCUT2D eigenvalue weighted by atomic mass is 9.76. The van der Waals surface area contributed by atoms with Gasteiger partial charge in [0.05, 0.1) is 20.3 Å². The van der Waals surface area contributed by atoms with Gasteiger partial charge in [-0.1, -0.05) is 48.5 Å². The highest BCUT2D eigenvalue weighted by Gasteiger charge is 2.56. The number of benzene rings is 2. The molecule has 31 heavy (non-hydrogen) atoms. The van der Waals surface area contributed by atoms with Crippen LogP contribution in [0.15, 0.2) is 83.4 Å². The molecule has 1 fully saturated rings. The smallest absolute Gasteiger partial charge is 0.213 e. The van der Waals surface area contributed by atoms with Gasteiger partial charge in [-0.25, -0.2) is 4.98 Å². The molecule has 2 aromatic heterocycles. The Morgan fingerprint density at radius 3 is 2.42 bits per heavy atom. The average molecular weight is 416 g/mol. The Bertz CT molecular complexity index is 1150. The summed E-state index contributed by atoms with van der Waals surface area (Å²) in [7, 11) is 1.60. The summed E-state index contributed by atoms with van der Waals surface area (Å²) in [4.78, 5) is 4.30. The SMILES string of the molecule is COc1cc(C(Nc2cc3ccccc3o2)(c2ccccc2)C2(C)OCCO2)ccn1. The fourth-order valence-electron chi connectivity index (χ4n) is 4.35. The third-order valence-electron chi connectivity index (χ3n) is 5.84. The van der Waals surface area contributed by atoms with E-state index in [1.165, 1.54) is 0 Å². The summed E-state index contributed by atoms with van der Waals surface area (Å²) in [5, 5.41) is 4.66. The second-order valence-corrected chi connectivity index (χ2v) is 7.62. The molecule has 0 radical (unpaired) electrons. The maximum atomic E-state index is 6.25. The molecular weight excluding hydrogens is 392 g/mol. The first-order valence-corrected chi connectivity index (χ1v) is 10.3. The molecule has 4 aromatic rings. The van der Waals surface area contributed by atoms with Crippen molar-refractivity contribution >= 4 is 16.9 Å². The highest BCUT2D eigenvalue weighted by molar-refractivity contribution is 5.81. The van der Waals surface area contributed by atoms with Gasteiger partial charge < -0.3 is 23.9 Å². The van der Waals surface area contributed by atoms with Gasteiger partial charge >= 0.3 is 0 Å². The number of nitrogens with one attached hydrogen (secondary N) is 1. The number of fused-ring (bicyclic) bond motifs is 1. The van der Waals surface area contributed by atoms with Crippen LogP contribution in [0.2, 0.25) is 0 Å². The van der Waals surface area contributed by atoms with E-state index in [-0.39, 0.29) is 0 Å². The van der Waals surface area contributed by atoms with E-state index in [1.54, 1.807) is 13.3 Å². The van der Waals surface area contributed by atoms with Crippen LogP contribution in [-0.2, 0) is 15.0 Å². The average Bonchev–Trinajstić information content (AvgIpc) is 3.44. The van der Waals surface area contributed by atoms with Crippen molar-refractivity contribution in [2.75, 3.05) is 25.6 Å². The lowest BCUT2D eigenvalue weighted by molar-refractivity contribution is -0.177. The Kier molecular flexibility index (Phi) is 4.88. The first-order valence-electron chi connectivity index (χ1n) is 10.3. The summed E-state index contributed by atoms with van der Waals surface area (Å²) in [5.41, 5.74) is 1.72. The van der Waals surface area contributed by atoms with Crippen LogP contribution in [0.1, 0.15) is 18.1 Å². The van der Waals surface area contributed by atoms with E-state index in [0.717, 1.165) is 22.1 Å². The van der Waals surface area contributed by atoms with E-state index in [4.69, 9.17) is 18.6 Å². The van der Waals surface area contributed by atoms with Crippen molar-refractivity contribution in [2.45, 2.75) is 18.2 Å². The van der Waals surface area contributed by atoms with Crippen molar-refractivity contribution in [1.29, 1.82) is 0 Å². The molecule has 158 valence electrons. The summed E-state index contributed by atoms with van der Waals surface area (Å²) in [6.07, 6.45) is 1.73. The Morgan fingerprint density at radius 2 is 1.68 bits per heavy atom. The van der Waals surface area contributed by atoms with E-state index in [0.29, 0.717) is 25.0 Å². The fraction of sp³-hybridized carbons (Fsp3) is 0.240. The second kappa shape index (κ2) is 7.72. The van der Waals surface area contributed by atoms with E-state index >= 15 is 0 Å². The van der Waals surface area contributed by atoms with Crippen molar-refractivity contribution in [3.05, 3.63) is 90.1 Å².